The molecule has 0 heterocycles. The van der Waals surface area contributed by atoms with E-state index in [4.69, 9.17) is 5.11 Å². The number of alkyl halides is 3. The lowest BCUT2D eigenvalue weighted by molar-refractivity contribution is -0.139. The fourth-order valence-electron chi connectivity index (χ4n) is 0.832. The molecule has 0 aromatic carbocycles. The minimum absolute atomic E-state index is 0.285. The van der Waals surface area contributed by atoms with Gasteiger partial charge in [0, 0.05) is 6.04 Å². The molecule has 1 unspecified atom stereocenters. The molecule has 0 bridgehead atoms. The first-order valence-corrected chi connectivity index (χ1v) is 3.87. The molecule has 0 saturated carbocycles. The largest absolute Gasteiger partial charge is 0.481 e. The number of hydrogen-bond acceptors (Lipinski definition) is 2. The van der Waals surface area contributed by atoms with Crippen LogP contribution in [0.4, 0.5) is 13.2 Å². The van der Waals surface area contributed by atoms with E-state index in [1.54, 1.807) is 6.92 Å². The van der Waals surface area contributed by atoms with E-state index >= 15 is 0 Å². The number of carbonyl (C=O) groups is 1. The minimum Gasteiger partial charge on any atom is -0.481 e. The van der Waals surface area contributed by atoms with Crippen molar-refractivity contribution < 1.29 is 23.1 Å². The Morgan fingerprint density at radius 1 is 1.54 bits per heavy atom. The van der Waals surface area contributed by atoms with Gasteiger partial charge in [-0.3, -0.25) is 4.79 Å². The van der Waals surface area contributed by atoms with E-state index < -0.39 is 24.7 Å². The van der Waals surface area contributed by atoms with E-state index in [1.165, 1.54) is 0 Å². The Morgan fingerprint density at radius 3 is 2.38 bits per heavy atom. The zero-order valence-corrected chi connectivity index (χ0v) is 7.19. The smallest absolute Gasteiger partial charge is 0.401 e. The number of aliphatic carboxylic acids is 1. The van der Waals surface area contributed by atoms with Crippen LogP contribution in [0.25, 0.3) is 0 Å². The summed E-state index contributed by atoms with van der Waals surface area (Å²) in [5.74, 6) is -1.10. The van der Waals surface area contributed by atoms with Crippen molar-refractivity contribution in [3.05, 3.63) is 0 Å². The summed E-state index contributed by atoms with van der Waals surface area (Å²) in [6.07, 6.45) is -4.21. The molecule has 0 aromatic rings. The standard InChI is InChI=1S/C7H12F3NO2/c1-2-5(3-6(12)13)11-4-7(8,9)10/h5,11H,2-4H2,1H3,(H,12,13). The summed E-state index contributed by atoms with van der Waals surface area (Å²) in [5, 5.41) is 10.5. The molecule has 0 amide bonds. The molecule has 6 heteroatoms. The molecule has 78 valence electrons. The van der Waals surface area contributed by atoms with E-state index in [-0.39, 0.29) is 6.42 Å². The van der Waals surface area contributed by atoms with Gasteiger partial charge >= 0.3 is 12.1 Å². The fourth-order valence-corrected chi connectivity index (χ4v) is 0.832. The first-order chi connectivity index (χ1) is 5.85. The SMILES string of the molecule is CCC(CC(=O)O)NCC(F)(F)F. The molecule has 0 aliphatic heterocycles. The lowest BCUT2D eigenvalue weighted by atomic mass is 10.1. The van der Waals surface area contributed by atoms with Crippen LogP contribution in [0.2, 0.25) is 0 Å². The van der Waals surface area contributed by atoms with Gasteiger partial charge in [-0.1, -0.05) is 6.92 Å². The zero-order valence-electron chi connectivity index (χ0n) is 7.19. The number of hydrogen-bond donors (Lipinski definition) is 2. The van der Waals surface area contributed by atoms with Gasteiger partial charge in [0.15, 0.2) is 0 Å². The first-order valence-electron chi connectivity index (χ1n) is 3.87. The quantitative estimate of drug-likeness (QED) is 0.703. The number of nitrogens with one attached hydrogen (secondary N) is 1. The van der Waals surface area contributed by atoms with Crippen LogP contribution in [-0.2, 0) is 4.79 Å². The second-order valence-corrected chi connectivity index (χ2v) is 2.70. The third-order valence-corrected chi connectivity index (χ3v) is 1.51. The van der Waals surface area contributed by atoms with Crippen LogP contribution >= 0.6 is 0 Å². The van der Waals surface area contributed by atoms with Crippen molar-refractivity contribution >= 4 is 5.97 Å². The molecule has 0 rings (SSSR count). The maximum absolute atomic E-state index is 11.7. The summed E-state index contributed by atoms with van der Waals surface area (Å²) in [4.78, 5) is 10.2. The zero-order chi connectivity index (χ0) is 10.5. The Bertz CT molecular complexity index is 170. The topological polar surface area (TPSA) is 49.3 Å². The summed E-state index contributed by atoms with van der Waals surface area (Å²) in [5.41, 5.74) is 0. The van der Waals surface area contributed by atoms with Crippen molar-refractivity contribution in [1.82, 2.24) is 5.32 Å². The second kappa shape index (κ2) is 5.06. The Balaban J connectivity index is 3.79. The van der Waals surface area contributed by atoms with Crippen molar-refractivity contribution in [3.63, 3.8) is 0 Å². The molecule has 1 atom stereocenters. The molecule has 2 N–H and O–H groups in total. The molecule has 13 heavy (non-hydrogen) atoms. The van der Waals surface area contributed by atoms with Gasteiger partial charge in [0.05, 0.1) is 13.0 Å². The van der Waals surface area contributed by atoms with Crippen LogP contribution in [0.15, 0.2) is 0 Å². The van der Waals surface area contributed by atoms with E-state index in [1.807, 2.05) is 0 Å². The average molecular weight is 199 g/mol. The monoisotopic (exact) mass is 199 g/mol. The predicted molar refractivity (Wildman–Crippen MR) is 40.4 cm³/mol. The average Bonchev–Trinajstić information content (AvgIpc) is 1.95. The summed E-state index contributed by atoms with van der Waals surface area (Å²) in [7, 11) is 0. The van der Waals surface area contributed by atoms with E-state index in [9.17, 15) is 18.0 Å². The molecule has 3 nitrogen and oxygen atoms in total. The summed E-state index contributed by atoms with van der Waals surface area (Å²) >= 11 is 0. The minimum atomic E-state index is -4.29. The van der Waals surface area contributed by atoms with Gasteiger partial charge in [0.1, 0.15) is 0 Å². The molecule has 0 spiro atoms. The highest BCUT2D eigenvalue weighted by Crippen LogP contribution is 2.13. The second-order valence-electron chi connectivity index (χ2n) is 2.70. The van der Waals surface area contributed by atoms with Gasteiger partial charge in [-0.15, -0.1) is 0 Å². The van der Waals surface area contributed by atoms with Gasteiger partial charge in [-0.2, -0.15) is 13.2 Å². The Morgan fingerprint density at radius 2 is 2.08 bits per heavy atom. The van der Waals surface area contributed by atoms with Crippen molar-refractivity contribution in [1.29, 1.82) is 0 Å². The normalized spacial score (nSPS) is 14.2. The molecule has 0 saturated heterocycles. The van der Waals surface area contributed by atoms with Crippen LogP contribution in [0.1, 0.15) is 19.8 Å². The summed E-state index contributed by atoms with van der Waals surface area (Å²) in [6, 6.07) is -0.612. The molecule has 0 radical (unpaired) electrons. The Hall–Kier alpha value is -0.780. The molecule has 0 aliphatic carbocycles. The molecule has 0 fully saturated rings. The van der Waals surface area contributed by atoms with Gasteiger partial charge in [-0.25, -0.2) is 0 Å². The van der Waals surface area contributed by atoms with Gasteiger partial charge < -0.3 is 10.4 Å². The highest BCUT2D eigenvalue weighted by Gasteiger charge is 2.28. The Labute approximate surface area is 73.9 Å². The lowest BCUT2D eigenvalue weighted by Gasteiger charge is -2.15. The maximum atomic E-state index is 11.7. The van der Waals surface area contributed by atoms with Crippen LogP contribution in [0.3, 0.4) is 0 Å². The van der Waals surface area contributed by atoms with Crippen molar-refractivity contribution in [2.24, 2.45) is 0 Å². The molecular formula is C7H12F3NO2. The summed E-state index contributed by atoms with van der Waals surface area (Å²) in [6.45, 7) is 0.496. The van der Waals surface area contributed by atoms with Gasteiger partial charge in [0.2, 0.25) is 0 Å². The maximum Gasteiger partial charge on any atom is 0.401 e. The number of carboxylic acid groups (broad SMARTS) is 1. The van der Waals surface area contributed by atoms with Crippen molar-refractivity contribution in [2.75, 3.05) is 6.54 Å². The molecular weight excluding hydrogens is 187 g/mol. The number of halogens is 3. The van der Waals surface area contributed by atoms with Crippen LogP contribution in [0, 0.1) is 0 Å². The third-order valence-electron chi connectivity index (χ3n) is 1.51. The van der Waals surface area contributed by atoms with E-state index in [2.05, 4.69) is 5.32 Å². The number of rotatable bonds is 5. The summed E-state index contributed by atoms with van der Waals surface area (Å²) < 4.78 is 35.0. The molecule has 0 aliphatic rings. The predicted octanol–water partition coefficient (Wildman–Crippen LogP) is 1.39. The van der Waals surface area contributed by atoms with Crippen LogP contribution in [0.5, 0.6) is 0 Å². The lowest BCUT2D eigenvalue weighted by Crippen LogP contribution is -2.37. The van der Waals surface area contributed by atoms with Crippen LogP contribution < -0.4 is 5.32 Å². The van der Waals surface area contributed by atoms with Gasteiger partial charge in [0.25, 0.3) is 0 Å². The van der Waals surface area contributed by atoms with E-state index in [0.717, 1.165) is 0 Å². The molecule has 0 aromatic heterocycles. The van der Waals surface area contributed by atoms with E-state index in [0.29, 0.717) is 6.42 Å². The van der Waals surface area contributed by atoms with Gasteiger partial charge in [-0.05, 0) is 6.42 Å². The van der Waals surface area contributed by atoms with Crippen molar-refractivity contribution in [2.45, 2.75) is 32.0 Å². The Kier molecular flexibility index (Phi) is 4.76. The first kappa shape index (κ1) is 12.2. The van der Waals surface area contributed by atoms with Crippen molar-refractivity contribution in [3.8, 4) is 0 Å². The fraction of sp³-hybridized carbons (Fsp3) is 0.857. The highest BCUT2D eigenvalue weighted by atomic mass is 19.4. The highest BCUT2D eigenvalue weighted by molar-refractivity contribution is 5.67. The number of carboxylic acids is 1. The van der Waals surface area contributed by atoms with Crippen LogP contribution in [-0.4, -0.2) is 29.8 Å². The third kappa shape index (κ3) is 7.58.